The van der Waals surface area contributed by atoms with E-state index in [9.17, 15) is 0 Å². The Morgan fingerprint density at radius 3 is 2.20 bits per heavy atom. The quantitative estimate of drug-likeness (QED) is 0.713. The largest absolute Gasteiger partial charge is 0.375 e. The zero-order valence-electron chi connectivity index (χ0n) is 11.0. The van der Waals surface area contributed by atoms with Crippen LogP contribution in [0.3, 0.4) is 0 Å². The molecule has 2 aromatic carbocycles. The van der Waals surface area contributed by atoms with Crippen LogP contribution in [-0.4, -0.2) is 4.98 Å². The number of halogens is 1. The number of hydrogen-bond acceptors (Lipinski definition) is 3. The summed E-state index contributed by atoms with van der Waals surface area (Å²) in [7, 11) is 0. The molecule has 3 aromatic rings. The second kappa shape index (κ2) is 6.20. The van der Waals surface area contributed by atoms with Gasteiger partial charge in [-0.25, -0.2) is 4.98 Å². The Labute approximate surface area is 133 Å². The lowest BCUT2D eigenvalue weighted by Crippen LogP contribution is -1.84. The van der Waals surface area contributed by atoms with E-state index in [1.807, 2.05) is 18.2 Å². The van der Waals surface area contributed by atoms with E-state index >= 15 is 0 Å². The number of nitrogen functional groups attached to an aromatic ring is 1. The van der Waals surface area contributed by atoms with Gasteiger partial charge in [0.15, 0.2) is 5.13 Å². The topological polar surface area (TPSA) is 38.9 Å². The summed E-state index contributed by atoms with van der Waals surface area (Å²) >= 11 is 1.53. The van der Waals surface area contributed by atoms with E-state index in [4.69, 9.17) is 5.73 Å². The SMILES string of the molecule is Br.Cc1ccc(-c2nc(N)sc2-c2ccccc2)cc1. The van der Waals surface area contributed by atoms with E-state index in [1.54, 1.807) is 0 Å². The number of rotatable bonds is 2. The maximum Gasteiger partial charge on any atom is 0.181 e. The van der Waals surface area contributed by atoms with Gasteiger partial charge in [-0.15, -0.1) is 17.0 Å². The average molecular weight is 347 g/mol. The number of aryl methyl sites for hydroxylation is 1. The molecule has 0 unspecified atom stereocenters. The molecule has 3 rings (SSSR count). The number of aromatic nitrogens is 1. The van der Waals surface area contributed by atoms with Gasteiger partial charge in [0, 0.05) is 5.56 Å². The molecule has 0 aliphatic carbocycles. The van der Waals surface area contributed by atoms with Crippen LogP contribution in [0, 0.1) is 6.92 Å². The number of thiazole rings is 1. The predicted octanol–water partition coefficient (Wildman–Crippen LogP) is 4.95. The van der Waals surface area contributed by atoms with Gasteiger partial charge in [0.05, 0.1) is 10.6 Å². The van der Waals surface area contributed by atoms with Crippen molar-refractivity contribution in [3.63, 3.8) is 0 Å². The second-order valence-corrected chi connectivity index (χ2v) is 5.49. The van der Waals surface area contributed by atoms with E-state index in [-0.39, 0.29) is 17.0 Å². The Morgan fingerprint density at radius 2 is 1.55 bits per heavy atom. The zero-order chi connectivity index (χ0) is 13.2. The van der Waals surface area contributed by atoms with Crippen molar-refractivity contribution in [3.8, 4) is 21.7 Å². The molecule has 0 spiro atoms. The molecular weight excluding hydrogens is 332 g/mol. The molecule has 0 saturated heterocycles. The maximum absolute atomic E-state index is 5.89. The number of nitrogens with two attached hydrogens (primary N) is 1. The van der Waals surface area contributed by atoms with Gasteiger partial charge in [-0.2, -0.15) is 0 Å². The maximum atomic E-state index is 5.89. The van der Waals surface area contributed by atoms with Crippen LogP contribution >= 0.6 is 28.3 Å². The van der Waals surface area contributed by atoms with Crippen molar-refractivity contribution < 1.29 is 0 Å². The summed E-state index contributed by atoms with van der Waals surface area (Å²) in [6, 6.07) is 18.6. The minimum absolute atomic E-state index is 0. The smallest absolute Gasteiger partial charge is 0.181 e. The Balaban J connectivity index is 0.00000147. The van der Waals surface area contributed by atoms with E-state index < -0.39 is 0 Å². The van der Waals surface area contributed by atoms with Crippen LogP contribution in [0.2, 0.25) is 0 Å². The lowest BCUT2D eigenvalue weighted by Gasteiger charge is -2.03. The van der Waals surface area contributed by atoms with Gasteiger partial charge in [0.25, 0.3) is 0 Å². The first-order valence-electron chi connectivity index (χ1n) is 6.13. The summed E-state index contributed by atoms with van der Waals surface area (Å²) < 4.78 is 0. The molecule has 0 radical (unpaired) electrons. The molecule has 0 aliphatic heterocycles. The minimum Gasteiger partial charge on any atom is -0.375 e. The third kappa shape index (κ3) is 2.92. The molecule has 0 fully saturated rings. The highest BCUT2D eigenvalue weighted by atomic mass is 79.9. The highest BCUT2D eigenvalue weighted by molar-refractivity contribution is 8.93. The summed E-state index contributed by atoms with van der Waals surface area (Å²) in [5.74, 6) is 0. The molecule has 2 nitrogen and oxygen atoms in total. The molecule has 0 aliphatic rings. The number of benzene rings is 2. The van der Waals surface area contributed by atoms with Crippen LogP contribution in [0.15, 0.2) is 54.6 Å². The standard InChI is InChI=1S/C16H14N2S.BrH/c1-11-7-9-12(10-8-11)14-15(19-16(17)18-14)13-5-3-2-4-6-13;/h2-10H,1H3,(H2,17,18);1H. The molecule has 102 valence electrons. The molecule has 0 bridgehead atoms. The molecule has 0 saturated carbocycles. The fourth-order valence-corrected chi connectivity index (χ4v) is 2.89. The first-order valence-corrected chi connectivity index (χ1v) is 6.94. The molecule has 0 amide bonds. The summed E-state index contributed by atoms with van der Waals surface area (Å²) in [6.45, 7) is 2.08. The minimum atomic E-state index is 0. The van der Waals surface area contributed by atoms with Gasteiger partial charge in [-0.1, -0.05) is 71.5 Å². The van der Waals surface area contributed by atoms with Gasteiger partial charge in [0.2, 0.25) is 0 Å². The van der Waals surface area contributed by atoms with E-state index in [1.165, 1.54) is 16.9 Å². The Morgan fingerprint density at radius 1 is 0.900 bits per heavy atom. The number of nitrogens with zero attached hydrogens (tertiary/aromatic N) is 1. The fraction of sp³-hybridized carbons (Fsp3) is 0.0625. The Kier molecular flexibility index (Phi) is 4.57. The normalized spacial score (nSPS) is 10.1. The zero-order valence-corrected chi connectivity index (χ0v) is 13.6. The molecule has 0 atom stereocenters. The lowest BCUT2D eigenvalue weighted by atomic mass is 10.1. The summed E-state index contributed by atoms with van der Waals surface area (Å²) in [6.07, 6.45) is 0. The first kappa shape index (κ1) is 14.8. The third-order valence-corrected chi connectivity index (χ3v) is 3.94. The summed E-state index contributed by atoms with van der Waals surface area (Å²) in [5.41, 5.74) is 10.4. The molecule has 4 heteroatoms. The highest BCUT2D eigenvalue weighted by Gasteiger charge is 2.13. The van der Waals surface area contributed by atoms with E-state index in [0.717, 1.165) is 21.7 Å². The van der Waals surface area contributed by atoms with E-state index in [0.29, 0.717) is 5.13 Å². The Bertz CT molecular complexity index is 690. The van der Waals surface area contributed by atoms with Crippen LogP contribution in [0.1, 0.15) is 5.56 Å². The monoisotopic (exact) mass is 346 g/mol. The van der Waals surface area contributed by atoms with Crippen LogP contribution in [0.4, 0.5) is 5.13 Å². The van der Waals surface area contributed by atoms with Gasteiger partial charge < -0.3 is 5.73 Å². The van der Waals surface area contributed by atoms with Gasteiger partial charge in [0.1, 0.15) is 0 Å². The van der Waals surface area contributed by atoms with Crippen molar-refractivity contribution in [2.45, 2.75) is 6.92 Å². The van der Waals surface area contributed by atoms with Gasteiger partial charge in [-0.05, 0) is 12.5 Å². The highest BCUT2D eigenvalue weighted by Crippen LogP contribution is 2.37. The van der Waals surface area contributed by atoms with Crippen LogP contribution in [0.25, 0.3) is 21.7 Å². The van der Waals surface area contributed by atoms with Crippen molar-refractivity contribution in [1.82, 2.24) is 4.98 Å². The van der Waals surface area contributed by atoms with Gasteiger partial charge >= 0.3 is 0 Å². The van der Waals surface area contributed by atoms with E-state index in [2.05, 4.69) is 48.3 Å². The molecular formula is C16H15BrN2S. The molecule has 20 heavy (non-hydrogen) atoms. The predicted molar refractivity (Wildman–Crippen MR) is 92.5 cm³/mol. The lowest BCUT2D eigenvalue weighted by molar-refractivity contribution is 1.39. The third-order valence-electron chi connectivity index (χ3n) is 3.00. The van der Waals surface area contributed by atoms with Crippen LogP contribution < -0.4 is 5.73 Å². The first-order chi connectivity index (χ1) is 9.24. The molecule has 1 aromatic heterocycles. The Hall–Kier alpha value is -1.65. The van der Waals surface area contributed by atoms with Crippen LogP contribution in [-0.2, 0) is 0 Å². The van der Waals surface area contributed by atoms with Crippen molar-refractivity contribution in [1.29, 1.82) is 0 Å². The summed E-state index contributed by atoms with van der Waals surface area (Å²) in [4.78, 5) is 5.61. The number of anilines is 1. The summed E-state index contributed by atoms with van der Waals surface area (Å²) in [5, 5.41) is 0.606. The second-order valence-electron chi connectivity index (χ2n) is 4.46. The van der Waals surface area contributed by atoms with Crippen molar-refractivity contribution in [2.75, 3.05) is 5.73 Å². The number of hydrogen-bond donors (Lipinski definition) is 1. The molecule has 2 N–H and O–H groups in total. The van der Waals surface area contributed by atoms with Crippen molar-refractivity contribution in [3.05, 3.63) is 60.2 Å². The van der Waals surface area contributed by atoms with Crippen molar-refractivity contribution >= 4 is 33.4 Å². The fourth-order valence-electron chi connectivity index (χ4n) is 2.03. The van der Waals surface area contributed by atoms with Gasteiger partial charge in [-0.3, -0.25) is 0 Å². The molecule has 1 heterocycles. The van der Waals surface area contributed by atoms with Crippen molar-refractivity contribution in [2.24, 2.45) is 0 Å². The average Bonchev–Trinajstić information content (AvgIpc) is 2.83. The van der Waals surface area contributed by atoms with Crippen LogP contribution in [0.5, 0.6) is 0 Å².